The maximum atomic E-state index is 12.0. The third-order valence-corrected chi connectivity index (χ3v) is 3.71. The van der Waals surface area contributed by atoms with Crippen LogP contribution in [0.1, 0.15) is 36.0 Å². The first-order valence-corrected chi connectivity index (χ1v) is 7.13. The van der Waals surface area contributed by atoms with Crippen molar-refractivity contribution < 1.29 is 9.59 Å². The van der Waals surface area contributed by atoms with Crippen LogP contribution in [0.15, 0.2) is 12.1 Å². The minimum absolute atomic E-state index is 0.0627. The van der Waals surface area contributed by atoms with E-state index in [4.69, 9.17) is 0 Å². The van der Waals surface area contributed by atoms with Crippen LogP contribution in [0.2, 0.25) is 0 Å². The molecule has 1 aliphatic rings. The van der Waals surface area contributed by atoms with Gasteiger partial charge in [-0.15, -0.1) is 0 Å². The summed E-state index contributed by atoms with van der Waals surface area (Å²) in [5.41, 5.74) is 4.06. The normalized spacial score (nSPS) is 14.4. The van der Waals surface area contributed by atoms with Gasteiger partial charge < -0.3 is 10.2 Å². The van der Waals surface area contributed by atoms with Crippen molar-refractivity contribution in [2.45, 2.75) is 40.0 Å². The van der Waals surface area contributed by atoms with Crippen molar-refractivity contribution in [3.05, 3.63) is 28.8 Å². The van der Waals surface area contributed by atoms with Crippen LogP contribution in [0.4, 0.5) is 5.69 Å². The predicted octanol–water partition coefficient (Wildman–Crippen LogP) is 2.56. The van der Waals surface area contributed by atoms with Crippen molar-refractivity contribution in [3.8, 4) is 0 Å². The molecule has 2 rings (SSSR count). The smallest absolute Gasteiger partial charge is 0.233 e. The zero-order valence-corrected chi connectivity index (χ0v) is 12.5. The molecule has 1 aliphatic heterocycles. The van der Waals surface area contributed by atoms with E-state index in [0.717, 1.165) is 42.7 Å². The number of nitrogens with one attached hydrogen (secondary N) is 1. The predicted molar refractivity (Wildman–Crippen MR) is 79.7 cm³/mol. The number of anilines is 1. The summed E-state index contributed by atoms with van der Waals surface area (Å²) in [5.74, 6) is -0.292. The van der Waals surface area contributed by atoms with Crippen molar-refractivity contribution in [2.24, 2.45) is 0 Å². The average Bonchev–Trinajstić information content (AvgIpc) is 2.87. The molecule has 2 amide bonds. The van der Waals surface area contributed by atoms with Gasteiger partial charge in [-0.3, -0.25) is 9.59 Å². The van der Waals surface area contributed by atoms with E-state index < -0.39 is 0 Å². The highest BCUT2D eigenvalue weighted by molar-refractivity contribution is 6.04. The average molecular weight is 274 g/mol. The fourth-order valence-corrected chi connectivity index (χ4v) is 2.78. The SMILES string of the molecule is Cc1cc(C)c(NC(=O)CC(=O)N2CCCC2)c(C)c1. The Kier molecular flexibility index (Phi) is 4.42. The van der Waals surface area contributed by atoms with Gasteiger partial charge in [0.2, 0.25) is 11.8 Å². The summed E-state index contributed by atoms with van der Waals surface area (Å²) < 4.78 is 0. The Bertz CT molecular complexity index is 508. The quantitative estimate of drug-likeness (QED) is 0.861. The Morgan fingerprint density at radius 1 is 1.10 bits per heavy atom. The Balaban J connectivity index is 1.99. The van der Waals surface area contributed by atoms with Gasteiger partial charge in [0.25, 0.3) is 0 Å². The zero-order valence-electron chi connectivity index (χ0n) is 12.5. The van der Waals surface area contributed by atoms with Crippen molar-refractivity contribution in [1.29, 1.82) is 0 Å². The molecule has 1 aromatic rings. The van der Waals surface area contributed by atoms with E-state index in [2.05, 4.69) is 5.32 Å². The minimum Gasteiger partial charge on any atom is -0.342 e. The molecule has 4 heteroatoms. The molecule has 0 aromatic heterocycles. The van der Waals surface area contributed by atoms with Gasteiger partial charge >= 0.3 is 0 Å². The standard InChI is InChI=1S/C16H22N2O2/c1-11-8-12(2)16(13(3)9-11)17-14(19)10-15(20)18-6-4-5-7-18/h8-9H,4-7,10H2,1-3H3,(H,17,19). The minimum atomic E-state index is -0.225. The monoisotopic (exact) mass is 274 g/mol. The number of nitrogens with zero attached hydrogens (tertiary/aromatic N) is 1. The molecule has 1 saturated heterocycles. The summed E-state index contributed by atoms with van der Waals surface area (Å²) in [6.45, 7) is 7.54. The van der Waals surface area contributed by atoms with Gasteiger partial charge in [0.1, 0.15) is 6.42 Å². The van der Waals surface area contributed by atoms with E-state index in [9.17, 15) is 9.59 Å². The van der Waals surface area contributed by atoms with Gasteiger partial charge in [0.05, 0.1) is 0 Å². The molecule has 1 N–H and O–H groups in total. The number of likely N-dealkylation sites (tertiary alicyclic amines) is 1. The van der Waals surface area contributed by atoms with Gasteiger partial charge in [0, 0.05) is 18.8 Å². The first-order chi connectivity index (χ1) is 9.47. The van der Waals surface area contributed by atoms with Crippen LogP contribution in [-0.4, -0.2) is 29.8 Å². The second-order valence-corrected chi connectivity index (χ2v) is 5.59. The molecule has 20 heavy (non-hydrogen) atoms. The van der Waals surface area contributed by atoms with Gasteiger partial charge in [-0.05, 0) is 44.7 Å². The molecule has 0 spiro atoms. The molecule has 0 saturated carbocycles. The lowest BCUT2D eigenvalue weighted by molar-refractivity contribution is -0.133. The molecular formula is C16H22N2O2. The third-order valence-electron chi connectivity index (χ3n) is 3.71. The molecule has 1 fully saturated rings. The summed E-state index contributed by atoms with van der Waals surface area (Å²) in [4.78, 5) is 25.7. The Morgan fingerprint density at radius 2 is 1.65 bits per heavy atom. The van der Waals surface area contributed by atoms with Crippen LogP contribution >= 0.6 is 0 Å². The van der Waals surface area contributed by atoms with Crippen LogP contribution in [-0.2, 0) is 9.59 Å². The maximum absolute atomic E-state index is 12.0. The number of hydrogen-bond acceptors (Lipinski definition) is 2. The number of benzene rings is 1. The number of carbonyl (C=O) groups is 2. The lowest BCUT2D eigenvalue weighted by atomic mass is 10.0. The molecule has 108 valence electrons. The third kappa shape index (κ3) is 3.38. The van der Waals surface area contributed by atoms with Crippen molar-refractivity contribution >= 4 is 17.5 Å². The van der Waals surface area contributed by atoms with Crippen LogP contribution in [0.25, 0.3) is 0 Å². The van der Waals surface area contributed by atoms with E-state index in [0.29, 0.717) is 0 Å². The molecule has 0 atom stereocenters. The van der Waals surface area contributed by atoms with Crippen LogP contribution in [0, 0.1) is 20.8 Å². The number of amides is 2. The highest BCUT2D eigenvalue weighted by atomic mass is 16.2. The van der Waals surface area contributed by atoms with Crippen molar-refractivity contribution in [1.82, 2.24) is 4.90 Å². The second kappa shape index (κ2) is 6.07. The number of rotatable bonds is 3. The zero-order chi connectivity index (χ0) is 14.7. The van der Waals surface area contributed by atoms with E-state index in [1.165, 1.54) is 5.56 Å². The van der Waals surface area contributed by atoms with Gasteiger partial charge in [-0.2, -0.15) is 0 Å². The Labute approximate surface area is 120 Å². The number of carbonyl (C=O) groups excluding carboxylic acids is 2. The van der Waals surface area contributed by atoms with Crippen LogP contribution in [0.5, 0.6) is 0 Å². The molecule has 0 radical (unpaired) electrons. The molecular weight excluding hydrogens is 252 g/mol. The van der Waals surface area contributed by atoms with Crippen molar-refractivity contribution in [2.75, 3.05) is 18.4 Å². The highest BCUT2D eigenvalue weighted by Gasteiger charge is 2.20. The Hall–Kier alpha value is -1.84. The van der Waals surface area contributed by atoms with Gasteiger partial charge in [-0.1, -0.05) is 17.7 Å². The largest absolute Gasteiger partial charge is 0.342 e. The second-order valence-electron chi connectivity index (χ2n) is 5.59. The van der Waals surface area contributed by atoms with E-state index in [1.54, 1.807) is 4.90 Å². The van der Waals surface area contributed by atoms with Crippen molar-refractivity contribution in [3.63, 3.8) is 0 Å². The first-order valence-electron chi connectivity index (χ1n) is 7.13. The van der Waals surface area contributed by atoms with Crippen LogP contribution < -0.4 is 5.32 Å². The molecule has 0 unspecified atom stereocenters. The number of hydrogen-bond donors (Lipinski definition) is 1. The molecule has 4 nitrogen and oxygen atoms in total. The first kappa shape index (κ1) is 14.6. The Morgan fingerprint density at radius 3 is 2.20 bits per heavy atom. The van der Waals surface area contributed by atoms with E-state index >= 15 is 0 Å². The van der Waals surface area contributed by atoms with Gasteiger partial charge in [0.15, 0.2) is 0 Å². The number of aryl methyl sites for hydroxylation is 3. The topological polar surface area (TPSA) is 49.4 Å². The fraction of sp³-hybridized carbons (Fsp3) is 0.500. The summed E-state index contributed by atoms with van der Waals surface area (Å²) in [5, 5.41) is 2.87. The lowest BCUT2D eigenvalue weighted by Gasteiger charge is -2.16. The lowest BCUT2D eigenvalue weighted by Crippen LogP contribution is -2.31. The summed E-state index contributed by atoms with van der Waals surface area (Å²) in [7, 11) is 0. The fourth-order valence-electron chi connectivity index (χ4n) is 2.78. The summed E-state index contributed by atoms with van der Waals surface area (Å²) in [6, 6.07) is 4.07. The van der Waals surface area contributed by atoms with E-state index in [1.807, 2.05) is 32.9 Å². The molecule has 1 heterocycles. The highest BCUT2D eigenvalue weighted by Crippen LogP contribution is 2.22. The molecule has 0 aliphatic carbocycles. The van der Waals surface area contributed by atoms with E-state index in [-0.39, 0.29) is 18.2 Å². The van der Waals surface area contributed by atoms with Crippen LogP contribution in [0.3, 0.4) is 0 Å². The molecule has 1 aromatic carbocycles. The summed E-state index contributed by atoms with van der Waals surface area (Å²) >= 11 is 0. The maximum Gasteiger partial charge on any atom is 0.233 e. The van der Waals surface area contributed by atoms with Gasteiger partial charge in [-0.25, -0.2) is 0 Å². The summed E-state index contributed by atoms with van der Waals surface area (Å²) in [6.07, 6.45) is 2.03. The molecule has 0 bridgehead atoms.